The van der Waals surface area contributed by atoms with E-state index in [1.54, 1.807) is 12.1 Å². The lowest BCUT2D eigenvalue weighted by atomic mass is 9.80. The summed E-state index contributed by atoms with van der Waals surface area (Å²) in [6.07, 6.45) is 0.784. The number of amides is 1. The van der Waals surface area contributed by atoms with Crippen LogP contribution in [0.15, 0.2) is 65.8 Å². The van der Waals surface area contributed by atoms with Gasteiger partial charge in [0.25, 0.3) is 5.91 Å². The first-order valence-corrected chi connectivity index (χ1v) is 7.43. The lowest BCUT2D eigenvalue weighted by Crippen LogP contribution is -2.24. The van der Waals surface area contributed by atoms with Crippen LogP contribution in [0.4, 0.5) is 0 Å². The molecule has 2 rings (SSSR count). The summed E-state index contributed by atoms with van der Waals surface area (Å²) in [5.41, 5.74) is 5.38. The van der Waals surface area contributed by atoms with E-state index < -0.39 is 0 Å². The van der Waals surface area contributed by atoms with Crippen LogP contribution >= 0.6 is 0 Å². The lowest BCUT2D eigenvalue weighted by Gasteiger charge is -2.25. The molecule has 3 nitrogen and oxygen atoms in total. The zero-order valence-corrected chi connectivity index (χ0v) is 13.3. The maximum atomic E-state index is 12.0. The molecule has 0 aliphatic heterocycles. The minimum absolute atomic E-state index is 0.0215. The highest BCUT2D eigenvalue weighted by molar-refractivity contribution is 5.95. The number of nitrogens with one attached hydrogen (secondary N) is 1. The third-order valence-electron chi connectivity index (χ3n) is 3.64. The number of nitrogens with zero attached hydrogens (tertiary/aromatic N) is 1. The molecule has 0 unspecified atom stereocenters. The van der Waals surface area contributed by atoms with E-state index in [9.17, 15) is 4.79 Å². The SMILES string of the molecule is C/C(CC(C)(C)c1ccccc1)=N/NC(=O)c1ccccc1. The van der Waals surface area contributed by atoms with Crippen LogP contribution < -0.4 is 5.43 Å². The van der Waals surface area contributed by atoms with E-state index in [4.69, 9.17) is 0 Å². The van der Waals surface area contributed by atoms with Crippen molar-refractivity contribution in [3.05, 3.63) is 71.8 Å². The molecule has 3 heteroatoms. The number of hydrogen-bond acceptors (Lipinski definition) is 2. The second-order valence-electron chi connectivity index (χ2n) is 6.08. The number of rotatable bonds is 5. The fourth-order valence-corrected chi connectivity index (χ4v) is 2.47. The van der Waals surface area contributed by atoms with Gasteiger partial charge in [-0.05, 0) is 36.5 Å². The Morgan fingerprint density at radius 2 is 1.55 bits per heavy atom. The molecule has 0 aromatic heterocycles. The van der Waals surface area contributed by atoms with Gasteiger partial charge in [0.2, 0.25) is 0 Å². The molecular formula is C19H22N2O. The second-order valence-corrected chi connectivity index (χ2v) is 6.08. The smallest absolute Gasteiger partial charge is 0.267 e. The molecule has 2 aromatic carbocycles. The molecule has 0 saturated heterocycles. The van der Waals surface area contributed by atoms with Gasteiger partial charge in [-0.3, -0.25) is 4.79 Å². The molecule has 2 aromatic rings. The van der Waals surface area contributed by atoms with Gasteiger partial charge in [0, 0.05) is 11.3 Å². The van der Waals surface area contributed by atoms with E-state index in [0.29, 0.717) is 5.56 Å². The summed E-state index contributed by atoms with van der Waals surface area (Å²) in [6.45, 7) is 6.30. The number of carbonyl (C=O) groups excluding carboxylic acids is 1. The summed E-state index contributed by atoms with van der Waals surface area (Å²) in [6, 6.07) is 19.4. The maximum Gasteiger partial charge on any atom is 0.271 e. The number of benzene rings is 2. The molecule has 0 aliphatic carbocycles. The summed E-state index contributed by atoms with van der Waals surface area (Å²) in [7, 11) is 0. The lowest BCUT2D eigenvalue weighted by molar-refractivity contribution is 0.0954. The Bertz CT molecular complexity index is 646. The molecule has 0 saturated carbocycles. The predicted octanol–water partition coefficient (Wildman–Crippen LogP) is 4.16. The van der Waals surface area contributed by atoms with E-state index in [2.05, 4.69) is 36.5 Å². The van der Waals surface area contributed by atoms with Crippen molar-refractivity contribution < 1.29 is 4.79 Å². The minimum atomic E-state index is -0.183. The summed E-state index contributed by atoms with van der Waals surface area (Å²) in [5, 5.41) is 4.23. The van der Waals surface area contributed by atoms with Gasteiger partial charge in [-0.1, -0.05) is 62.4 Å². The summed E-state index contributed by atoms with van der Waals surface area (Å²) >= 11 is 0. The molecule has 0 radical (unpaired) electrons. The first-order chi connectivity index (χ1) is 10.5. The Labute approximate surface area is 132 Å². The van der Waals surface area contributed by atoms with Crippen molar-refractivity contribution in [3.8, 4) is 0 Å². The van der Waals surface area contributed by atoms with Gasteiger partial charge < -0.3 is 0 Å². The van der Waals surface area contributed by atoms with Crippen molar-refractivity contribution in [3.63, 3.8) is 0 Å². The van der Waals surface area contributed by atoms with Crippen LogP contribution in [0.1, 0.15) is 43.1 Å². The largest absolute Gasteiger partial charge is 0.271 e. The normalized spacial score (nSPS) is 12.0. The number of hydrogen-bond donors (Lipinski definition) is 1. The molecule has 22 heavy (non-hydrogen) atoms. The quantitative estimate of drug-likeness (QED) is 0.653. The second kappa shape index (κ2) is 7.03. The van der Waals surface area contributed by atoms with Gasteiger partial charge in [-0.25, -0.2) is 5.43 Å². The topological polar surface area (TPSA) is 41.5 Å². The van der Waals surface area contributed by atoms with Crippen molar-refractivity contribution in [2.75, 3.05) is 0 Å². The fourth-order valence-electron chi connectivity index (χ4n) is 2.47. The third kappa shape index (κ3) is 4.29. The molecule has 0 spiro atoms. The summed E-state index contributed by atoms with van der Waals surface area (Å²) in [5.74, 6) is -0.183. The van der Waals surface area contributed by atoms with Gasteiger partial charge in [0.05, 0.1) is 0 Å². The van der Waals surface area contributed by atoms with Crippen molar-refractivity contribution in [1.82, 2.24) is 5.43 Å². The third-order valence-corrected chi connectivity index (χ3v) is 3.64. The van der Waals surface area contributed by atoms with Crippen LogP contribution in [0.25, 0.3) is 0 Å². The molecular weight excluding hydrogens is 272 g/mol. The minimum Gasteiger partial charge on any atom is -0.267 e. The van der Waals surface area contributed by atoms with Crippen molar-refractivity contribution in [1.29, 1.82) is 0 Å². The average molecular weight is 294 g/mol. The van der Waals surface area contributed by atoms with Crippen molar-refractivity contribution in [2.45, 2.75) is 32.6 Å². The van der Waals surface area contributed by atoms with Crippen molar-refractivity contribution >= 4 is 11.6 Å². The Hall–Kier alpha value is -2.42. The van der Waals surface area contributed by atoms with Crippen LogP contribution in [0, 0.1) is 0 Å². The summed E-state index contributed by atoms with van der Waals surface area (Å²) in [4.78, 5) is 12.0. The van der Waals surface area contributed by atoms with Crippen LogP contribution in [0.2, 0.25) is 0 Å². The average Bonchev–Trinajstić information content (AvgIpc) is 2.54. The van der Waals surface area contributed by atoms with Gasteiger partial charge in [0.15, 0.2) is 0 Å². The van der Waals surface area contributed by atoms with Crippen molar-refractivity contribution in [2.24, 2.45) is 5.10 Å². The standard InChI is InChI=1S/C19H22N2O/c1-15(14-19(2,3)17-12-8-5-9-13-17)20-21-18(22)16-10-6-4-7-11-16/h4-13H,14H2,1-3H3,(H,21,22)/b20-15-. The number of hydrazone groups is 1. The van der Waals surface area contributed by atoms with E-state index in [1.807, 2.05) is 43.3 Å². The highest BCUT2D eigenvalue weighted by Gasteiger charge is 2.21. The first kappa shape index (κ1) is 16.0. The van der Waals surface area contributed by atoms with E-state index in [0.717, 1.165) is 12.1 Å². The van der Waals surface area contributed by atoms with Crippen LogP contribution in [0.5, 0.6) is 0 Å². The monoisotopic (exact) mass is 294 g/mol. The maximum absolute atomic E-state index is 12.0. The molecule has 0 bridgehead atoms. The molecule has 1 amide bonds. The Balaban J connectivity index is 2.00. The molecule has 0 atom stereocenters. The Morgan fingerprint density at radius 3 is 2.14 bits per heavy atom. The predicted molar refractivity (Wildman–Crippen MR) is 91.1 cm³/mol. The van der Waals surface area contributed by atoms with Crippen LogP contribution in [-0.4, -0.2) is 11.6 Å². The van der Waals surface area contributed by atoms with Gasteiger partial charge in [0.1, 0.15) is 0 Å². The van der Waals surface area contributed by atoms with Crippen LogP contribution in [0.3, 0.4) is 0 Å². The highest BCUT2D eigenvalue weighted by atomic mass is 16.2. The molecule has 1 N–H and O–H groups in total. The molecule has 0 aliphatic rings. The van der Waals surface area contributed by atoms with E-state index in [-0.39, 0.29) is 11.3 Å². The zero-order valence-electron chi connectivity index (χ0n) is 13.3. The molecule has 114 valence electrons. The fraction of sp³-hybridized carbons (Fsp3) is 0.263. The van der Waals surface area contributed by atoms with Gasteiger partial charge in [-0.2, -0.15) is 5.10 Å². The highest BCUT2D eigenvalue weighted by Crippen LogP contribution is 2.27. The molecule has 0 fully saturated rings. The van der Waals surface area contributed by atoms with E-state index in [1.165, 1.54) is 5.56 Å². The first-order valence-electron chi connectivity index (χ1n) is 7.43. The number of carbonyl (C=O) groups is 1. The Morgan fingerprint density at radius 1 is 1.00 bits per heavy atom. The van der Waals surface area contributed by atoms with Gasteiger partial charge >= 0.3 is 0 Å². The molecule has 0 heterocycles. The summed E-state index contributed by atoms with van der Waals surface area (Å²) < 4.78 is 0. The van der Waals surface area contributed by atoms with Gasteiger partial charge in [-0.15, -0.1) is 0 Å². The Kier molecular flexibility index (Phi) is 5.10. The van der Waals surface area contributed by atoms with E-state index >= 15 is 0 Å². The van der Waals surface area contributed by atoms with Crippen LogP contribution in [-0.2, 0) is 5.41 Å². The zero-order chi connectivity index (χ0) is 16.0.